The maximum atomic E-state index is 13.0. The average molecular weight is 239 g/mol. The Balaban J connectivity index is 2.00. The van der Waals surface area contributed by atoms with Gasteiger partial charge in [-0.1, -0.05) is 6.07 Å². The number of anilines is 1. The average Bonchev–Trinajstić information content (AvgIpc) is 2.73. The van der Waals surface area contributed by atoms with Crippen LogP contribution in [0.1, 0.15) is 19.8 Å². The van der Waals surface area contributed by atoms with Gasteiger partial charge in [-0.15, -0.1) is 0 Å². The number of aliphatic hydroxyl groups is 1. The van der Waals surface area contributed by atoms with Gasteiger partial charge in [0.1, 0.15) is 5.82 Å². The third kappa shape index (κ3) is 3.17. The van der Waals surface area contributed by atoms with Gasteiger partial charge in [0.25, 0.3) is 0 Å². The Morgan fingerprint density at radius 2 is 2.35 bits per heavy atom. The van der Waals surface area contributed by atoms with Crippen molar-refractivity contribution < 1.29 is 14.2 Å². The molecule has 1 aliphatic rings. The number of rotatable bonds is 4. The Bertz CT molecular complexity index is 372. The molecule has 4 heteroatoms. The van der Waals surface area contributed by atoms with E-state index in [-0.39, 0.29) is 30.7 Å². The van der Waals surface area contributed by atoms with Crippen LogP contribution in [0.4, 0.5) is 10.1 Å². The lowest BCUT2D eigenvalue weighted by Gasteiger charge is -2.23. The van der Waals surface area contributed by atoms with E-state index in [0.29, 0.717) is 5.69 Å². The van der Waals surface area contributed by atoms with Crippen LogP contribution in [-0.2, 0) is 4.74 Å². The molecule has 1 aromatic rings. The van der Waals surface area contributed by atoms with Crippen molar-refractivity contribution in [3.8, 4) is 0 Å². The molecule has 3 nitrogen and oxygen atoms in total. The summed E-state index contributed by atoms with van der Waals surface area (Å²) in [5.41, 5.74) is 0.673. The van der Waals surface area contributed by atoms with E-state index in [1.165, 1.54) is 12.1 Å². The molecular weight excluding hydrogens is 221 g/mol. The number of ether oxygens (including phenoxy) is 1. The van der Waals surface area contributed by atoms with Crippen LogP contribution >= 0.6 is 0 Å². The van der Waals surface area contributed by atoms with E-state index in [9.17, 15) is 9.50 Å². The number of aliphatic hydroxyl groups excluding tert-OH is 1. The van der Waals surface area contributed by atoms with Gasteiger partial charge in [0.2, 0.25) is 0 Å². The summed E-state index contributed by atoms with van der Waals surface area (Å²) in [7, 11) is 0. The number of hydrogen-bond donors (Lipinski definition) is 2. The lowest BCUT2D eigenvalue weighted by molar-refractivity contribution is 0.0324. The first kappa shape index (κ1) is 12.3. The molecule has 1 aromatic carbocycles. The number of hydrogen-bond acceptors (Lipinski definition) is 3. The van der Waals surface area contributed by atoms with Crippen LogP contribution in [0.5, 0.6) is 0 Å². The molecule has 1 fully saturated rings. The molecule has 1 heterocycles. The summed E-state index contributed by atoms with van der Waals surface area (Å²) >= 11 is 0. The van der Waals surface area contributed by atoms with Crippen molar-refractivity contribution in [1.82, 2.24) is 0 Å². The van der Waals surface area contributed by atoms with Crippen LogP contribution < -0.4 is 5.32 Å². The normalized spacial score (nSPS) is 25.8. The van der Waals surface area contributed by atoms with E-state index < -0.39 is 0 Å². The number of benzene rings is 1. The standard InChI is InChI=1S/C13H18FNO2/c1-9-5-6-13(17-9)12(8-16)15-11-4-2-3-10(14)7-11/h2-4,7,9,12-13,15-16H,5-6,8H2,1H3. The highest BCUT2D eigenvalue weighted by molar-refractivity contribution is 5.44. The topological polar surface area (TPSA) is 41.5 Å². The Morgan fingerprint density at radius 1 is 1.53 bits per heavy atom. The smallest absolute Gasteiger partial charge is 0.125 e. The molecule has 0 aromatic heterocycles. The fourth-order valence-corrected chi connectivity index (χ4v) is 2.18. The first-order chi connectivity index (χ1) is 8.19. The minimum atomic E-state index is -0.285. The van der Waals surface area contributed by atoms with E-state index >= 15 is 0 Å². The molecule has 0 amide bonds. The van der Waals surface area contributed by atoms with Gasteiger partial charge in [0.15, 0.2) is 0 Å². The van der Waals surface area contributed by atoms with Crippen LogP contribution in [0.2, 0.25) is 0 Å². The molecule has 0 saturated carbocycles. The van der Waals surface area contributed by atoms with E-state index in [2.05, 4.69) is 5.32 Å². The summed E-state index contributed by atoms with van der Waals surface area (Å²) in [5.74, 6) is -0.285. The van der Waals surface area contributed by atoms with Gasteiger partial charge in [0.05, 0.1) is 24.9 Å². The molecule has 17 heavy (non-hydrogen) atoms. The van der Waals surface area contributed by atoms with Gasteiger partial charge in [-0.25, -0.2) is 4.39 Å². The predicted octanol–water partition coefficient (Wildman–Crippen LogP) is 2.17. The molecule has 3 atom stereocenters. The predicted molar refractivity (Wildman–Crippen MR) is 64.5 cm³/mol. The van der Waals surface area contributed by atoms with Gasteiger partial charge >= 0.3 is 0 Å². The maximum Gasteiger partial charge on any atom is 0.125 e. The lowest BCUT2D eigenvalue weighted by Crippen LogP contribution is -2.36. The Kier molecular flexibility index (Phi) is 3.97. The second kappa shape index (κ2) is 5.47. The first-order valence-electron chi connectivity index (χ1n) is 5.97. The zero-order chi connectivity index (χ0) is 12.3. The second-order valence-corrected chi connectivity index (χ2v) is 4.51. The zero-order valence-electron chi connectivity index (χ0n) is 9.90. The highest BCUT2D eigenvalue weighted by Gasteiger charge is 2.29. The van der Waals surface area contributed by atoms with Crippen molar-refractivity contribution in [2.24, 2.45) is 0 Å². The molecule has 0 aliphatic carbocycles. The van der Waals surface area contributed by atoms with Crippen molar-refractivity contribution in [1.29, 1.82) is 0 Å². The van der Waals surface area contributed by atoms with Crippen molar-refractivity contribution in [3.63, 3.8) is 0 Å². The van der Waals surface area contributed by atoms with Crippen molar-refractivity contribution in [2.45, 2.75) is 38.0 Å². The summed E-state index contributed by atoms with van der Waals surface area (Å²) in [6, 6.07) is 6.06. The van der Waals surface area contributed by atoms with Gasteiger partial charge in [0, 0.05) is 5.69 Å². The van der Waals surface area contributed by atoms with Gasteiger partial charge in [-0.2, -0.15) is 0 Å². The summed E-state index contributed by atoms with van der Waals surface area (Å²) in [4.78, 5) is 0. The highest BCUT2D eigenvalue weighted by Crippen LogP contribution is 2.23. The lowest BCUT2D eigenvalue weighted by atomic mass is 10.1. The SMILES string of the molecule is CC1CCC(C(CO)Nc2cccc(F)c2)O1. The van der Waals surface area contributed by atoms with E-state index in [4.69, 9.17) is 4.74 Å². The van der Waals surface area contributed by atoms with Crippen molar-refractivity contribution in [2.75, 3.05) is 11.9 Å². The summed E-state index contributed by atoms with van der Waals surface area (Å²) < 4.78 is 18.7. The fraction of sp³-hybridized carbons (Fsp3) is 0.538. The van der Waals surface area contributed by atoms with Crippen LogP contribution in [0.15, 0.2) is 24.3 Å². The van der Waals surface area contributed by atoms with E-state index in [1.54, 1.807) is 12.1 Å². The van der Waals surface area contributed by atoms with Crippen LogP contribution in [0.25, 0.3) is 0 Å². The molecule has 2 N–H and O–H groups in total. The molecule has 3 unspecified atom stereocenters. The van der Waals surface area contributed by atoms with Crippen LogP contribution in [0, 0.1) is 5.82 Å². The van der Waals surface area contributed by atoms with Gasteiger partial charge in [-0.3, -0.25) is 0 Å². The maximum absolute atomic E-state index is 13.0. The third-order valence-electron chi connectivity index (χ3n) is 3.09. The fourth-order valence-electron chi connectivity index (χ4n) is 2.18. The summed E-state index contributed by atoms with van der Waals surface area (Å²) in [6.07, 6.45) is 2.17. The van der Waals surface area contributed by atoms with E-state index in [1.807, 2.05) is 6.92 Å². The first-order valence-corrected chi connectivity index (χ1v) is 5.97. The minimum absolute atomic E-state index is 0.00160. The Morgan fingerprint density at radius 3 is 2.94 bits per heavy atom. The number of nitrogens with one attached hydrogen (secondary N) is 1. The number of halogens is 1. The molecule has 1 aliphatic heterocycles. The molecule has 2 rings (SSSR count). The van der Waals surface area contributed by atoms with Crippen LogP contribution in [-0.4, -0.2) is 30.0 Å². The molecule has 0 radical (unpaired) electrons. The van der Waals surface area contributed by atoms with E-state index in [0.717, 1.165) is 12.8 Å². The quantitative estimate of drug-likeness (QED) is 0.846. The molecule has 94 valence electrons. The molecule has 1 saturated heterocycles. The highest BCUT2D eigenvalue weighted by atomic mass is 19.1. The molecule has 0 spiro atoms. The molecule has 0 bridgehead atoms. The summed E-state index contributed by atoms with van der Waals surface area (Å²) in [6.45, 7) is 2.00. The van der Waals surface area contributed by atoms with Crippen LogP contribution in [0.3, 0.4) is 0 Å². The van der Waals surface area contributed by atoms with Crippen molar-refractivity contribution in [3.05, 3.63) is 30.1 Å². The van der Waals surface area contributed by atoms with Gasteiger partial charge < -0.3 is 15.2 Å². The minimum Gasteiger partial charge on any atom is -0.394 e. The Labute approximate surface area is 101 Å². The van der Waals surface area contributed by atoms with Crippen molar-refractivity contribution >= 4 is 5.69 Å². The monoisotopic (exact) mass is 239 g/mol. The summed E-state index contributed by atoms with van der Waals surface area (Å²) in [5, 5.41) is 12.5. The largest absolute Gasteiger partial charge is 0.394 e. The van der Waals surface area contributed by atoms with Gasteiger partial charge in [-0.05, 0) is 38.0 Å². The Hall–Kier alpha value is -1.13. The third-order valence-corrected chi connectivity index (χ3v) is 3.09. The second-order valence-electron chi connectivity index (χ2n) is 4.51. The zero-order valence-corrected chi connectivity index (χ0v) is 9.90. The molecular formula is C13H18FNO2.